The zero-order valence-corrected chi connectivity index (χ0v) is 24.5. The van der Waals surface area contributed by atoms with E-state index in [9.17, 15) is 0 Å². The summed E-state index contributed by atoms with van der Waals surface area (Å²) in [6, 6.07) is 49.9. The number of rotatable bonds is 4. The number of aromatic nitrogens is 1. The van der Waals surface area contributed by atoms with Crippen LogP contribution < -0.4 is 4.90 Å². The molecule has 0 bridgehead atoms. The maximum Gasteiger partial charge on any atom is 0.228 e. The third-order valence-corrected chi connectivity index (χ3v) is 8.89. The van der Waals surface area contributed by atoms with Gasteiger partial charge in [0.25, 0.3) is 0 Å². The average molecular weight is 593 g/mol. The molecule has 46 heavy (non-hydrogen) atoms. The second-order valence-corrected chi connectivity index (χ2v) is 11.6. The number of para-hydroxylation sites is 3. The second-order valence-electron chi connectivity index (χ2n) is 11.6. The van der Waals surface area contributed by atoms with Gasteiger partial charge in [0.15, 0.2) is 5.58 Å². The maximum absolute atomic E-state index is 6.40. The van der Waals surface area contributed by atoms with Crippen molar-refractivity contribution in [2.45, 2.75) is 0 Å². The molecule has 0 amide bonds. The summed E-state index contributed by atoms with van der Waals surface area (Å²) in [5.41, 5.74) is 8.93. The van der Waals surface area contributed by atoms with Gasteiger partial charge >= 0.3 is 0 Å². The number of anilines is 3. The Kier molecular flexibility index (Phi) is 5.22. The minimum absolute atomic E-state index is 0.572. The Morgan fingerprint density at radius 2 is 1.07 bits per heavy atom. The molecule has 0 radical (unpaired) electrons. The Balaban J connectivity index is 1.24. The molecule has 7 aromatic carbocycles. The predicted octanol–water partition coefficient (Wildman–Crippen LogP) is 11.9. The van der Waals surface area contributed by atoms with Crippen LogP contribution in [0.5, 0.6) is 0 Å². The molecule has 0 saturated heterocycles. The first kappa shape index (κ1) is 25.0. The van der Waals surface area contributed by atoms with Crippen LogP contribution in [0.3, 0.4) is 0 Å². The largest absolute Gasteiger partial charge is 0.456 e. The van der Waals surface area contributed by atoms with Crippen molar-refractivity contribution in [2.75, 3.05) is 4.90 Å². The fourth-order valence-corrected chi connectivity index (χ4v) is 6.80. The van der Waals surface area contributed by atoms with E-state index >= 15 is 0 Å². The summed E-state index contributed by atoms with van der Waals surface area (Å²) >= 11 is 0. The van der Waals surface area contributed by atoms with Crippen LogP contribution in [0.2, 0.25) is 0 Å². The second kappa shape index (κ2) is 9.58. The Labute approximate surface area is 262 Å². The fourth-order valence-electron chi connectivity index (χ4n) is 6.80. The van der Waals surface area contributed by atoms with Crippen molar-refractivity contribution in [3.63, 3.8) is 0 Å². The van der Waals surface area contributed by atoms with Gasteiger partial charge in [-0.05, 0) is 78.2 Å². The number of fused-ring (bicyclic) bond motifs is 8. The van der Waals surface area contributed by atoms with E-state index in [1.807, 2.05) is 48.5 Å². The summed E-state index contributed by atoms with van der Waals surface area (Å²) in [5.74, 6) is 0.572. The Bertz CT molecular complexity index is 2750. The Hall–Kier alpha value is -6.33. The monoisotopic (exact) mass is 592 g/mol. The molecular weight excluding hydrogens is 568 g/mol. The molecule has 10 aromatic rings. The summed E-state index contributed by atoms with van der Waals surface area (Å²) in [7, 11) is 0. The van der Waals surface area contributed by atoms with E-state index in [1.165, 1.54) is 5.39 Å². The van der Waals surface area contributed by atoms with E-state index in [4.69, 9.17) is 18.2 Å². The number of nitrogens with zero attached hydrogens (tertiary/aromatic N) is 2. The van der Waals surface area contributed by atoms with Crippen molar-refractivity contribution in [1.82, 2.24) is 4.98 Å². The van der Waals surface area contributed by atoms with Crippen molar-refractivity contribution < 1.29 is 13.3 Å². The molecule has 216 valence electrons. The lowest BCUT2D eigenvalue weighted by atomic mass is 10.0. The highest BCUT2D eigenvalue weighted by Gasteiger charge is 2.21. The lowest BCUT2D eigenvalue weighted by Gasteiger charge is -2.27. The number of furan rings is 2. The average Bonchev–Trinajstić information content (AvgIpc) is 3.81. The molecule has 0 aliphatic heterocycles. The normalized spacial score (nSPS) is 11.9. The maximum atomic E-state index is 6.40. The van der Waals surface area contributed by atoms with Crippen molar-refractivity contribution in [3.8, 4) is 11.5 Å². The summed E-state index contributed by atoms with van der Waals surface area (Å²) in [6.45, 7) is 0. The third kappa shape index (κ3) is 3.72. The van der Waals surface area contributed by atoms with E-state index < -0.39 is 0 Å². The molecule has 5 heteroatoms. The zero-order chi connectivity index (χ0) is 30.2. The molecule has 0 aliphatic rings. The van der Waals surface area contributed by atoms with Crippen LogP contribution in [0.15, 0.2) is 159 Å². The molecule has 0 aliphatic carbocycles. The Morgan fingerprint density at radius 1 is 0.435 bits per heavy atom. The standard InChI is InChI=1S/C41H24N2O3/c1-2-11-28-25(9-1)10-7-15-34(28)43(26-19-21-36-31(23-26)29-12-3-5-16-35(29)44-36)27-20-22-37-32(24-27)40-30(13-8-18-39(40)45-37)41-42-33-14-4-6-17-38(33)46-41/h1-24H. The van der Waals surface area contributed by atoms with Crippen LogP contribution in [0, 0.1) is 0 Å². The van der Waals surface area contributed by atoms with Gasteiger partial charge in [-0.1, -0.05) is 72.8 Å². The number of hydrogen-bond acceptors (Lipinski definition) is 5. The van der Waals surface area contributed by atoms with E-state index in [-0.39, 0.29) is 0 Å². The minimum Gasteiger partial charge on any atom is -0.456 e. The van der Waals surface area contributed by atoms with Gasteiger partial charge in [0.1, 0.15) is 27.8 Å². The molecule has 0 spiro atoms. The molecule has 0 saturated carbocycles. The summed E-state index contributed by atoms with van der Waals surface area (Å²) in [4.78, 5) is 7.15. The predicted molar refractivity (Wildman–Crippen MR) is 186 cm³/mol. The summed E-state index contributed by atoms with van der Waals surface area (Å²) < 4.78 is 18.8. The van der Waals surface area contributed by atoms with Gasteiger partial charge in [-0.3, -0.25) is 0 Å². The van der Waals surface area contributed by atoms with E-state index in [2.05, 4.69) is 102 Å². The molecule has 0 unspecified atom stereocenters. The first-order valence-electron chi connectivity index (χ1n) is 15.3. The van der Waals surface area contributed by atoms with Gasteiger partial charge in [-0.15, -0.1) is 0 Å². The molecule has 5 nitrogen and oxygen atoms in total. The van der Waals surface area contributed by atoms with Gasteiger partial charge < -0.3 is 18.2 Å². The van der Waals surface area contributed by atoms with Crippen LogP contribution in [0.1, 0.15) is 0 Å². The molecule has 3 heterocycles. The number of oxazole rings is 1. The van der Waals surface area contributed by atoms with Crippen LogP contribution in [-0.2, 0) is 0 Å². The number of hydrogen-bond donors (Lipinski definition) is 0. The SMILES string of the molecule is c1ccc2c(N(c3ccc4oc5ccccc5c4c3)c3ccc4oc5cccc(-c6nc7ccccc7o6)c5c4c3)cccc2c1. The molecule has 10 rings (SSSR count). The fraction of sp³-hybridized carbons (Fsp3) is 0. The van der Waals surface area contributed by atoms with E-state index in [0.717, 1.165) is 83.0 Å². The third-order valence-electron chi connectivity index (χ3n) is 8.89. The molecule has 0 N–H and O–H groups in total. The highest BCUT2D eigenvalue weighted by atomic mass is 16.4. The van der Waals surface area contributed by atoms with E-state index in [0.29, 0.717) is 5.89 Å². The molecule has 3 aromatic heterocycles. The summed E-state index contributed by atoms with van der Waals surface area (Å²) in [6.07, 6.45) is 0. The van der Waals surface area contributed by atoms with Gasteiger partial charge in [-0.2, -0.15) is 0 Å². The van der Waals surface area contributed by atoms with Crippen LogP contribution >= 0.6 is 0 Å². The van der Waals surface area contributed by atoms with Gasteiger partial charge in [0, 0.05) is 43.9 Å². The van der Waals surface area contributed by atoms with Crippen molar-refractivity contribution >= 4 is 82.8 Å². The smallest absolute Gasteiger partial charge is 0.228 e. The summed E-state index contributed by atoms with van der Waals surface area (Å²) in [5, 5.41) is 6.47. The highest BCUT2D eigenvalue weighted by molar-refractivity contribution is 6.14. The number of benzene rings is 7. The minimum atomic E-state index is 0.572. The van der Waals surface area contributed by atoms with Crippen molar-refractivity contribution in [3.05, 3.63) is 146 Å². The van der Waals surface area contributed by atoms with Gasteiger partial charge in [-0.25, -0.2) is 4.98 Å². The van der Waals surface area contributed by atoms with Crippen LogP contribution in [0.4, 0.5) is 17.1 Å². The zero-order valence-electron chi connectivity index (χ0n) is 24.5. The van der Waals surface area contributed by atoms with Crippen molar-refractivity contribution in [2.24, 2.45) is 0 Å². The van der Waals surface area contributed by atoms with Gasteiger partial charge in [0.2, 0.25) is 5.89 Å². The van der Waals surface area contributed by atoms with Crippen LogP contribution in [0.25, 0.3) is 77.2 Å². The highest BCUT2D eigenvalue weighted by Crippen LogP contribution is 2.44. The van der Waals surface area contributed by atoms with Gasteiger partial charge in [0.05, 0.1) is 5.69 Å². The van der Waals surface area contributed by atoms with Crippen molar-refractivity contribution in [1.29, 1.82) is 0 Å². The topological polar surface area (TPSA) is 55.6 Å². The lowest BCUT2D eigenvalue weighted by molar-refractivity contribution is 0.620. The quantitative estimate of drug-likeness (QED) is 0.203. The lowest BCUT2D eigenvalue weighted by Crippen LogP contribution is -2.10. The molecular formula is C41H24N2O3. The molecule has 0 fully saturated rings. The first-order valence-corrected chi connectivity index (χ1v) is 15.3. The Morgan fingerprint density at radius 3 is 1.93 bits per heavy atom. The van der Waals surface area contributed by atoms with E-state index in [1.54, 1.807) is 0 Å². The first-order chi connectivity index (χ1) is 22.8. The molecule has 0 atom stereocenters. The van der Waals surface area contributed by atoms with Crippen LogP contribution in [-0.4, -0.2) is 4.98 Å².